The molecule has 0 spiro atoms. The van der Waals surface area contributed by atoms with Crippen molar-refractivity contribution in [2.45, 2.75) is 11.3 Å². The zero-order chi connectivity index (χ0) is 21.4. The molecular weight excluding hydrogens is 419 g/mol. The summed E-state index contributed by atoms with van der Waals surface area (Å²) < 4.78 is 73.0. The van der Waals surface area contributed by atoms with Crippen LogP contribution in [0.25, 0.3) is 11.0 Å². The molecule has 3 aromatic rings. The number of hydrogen-bond acceptors (Lipinski definition) is 6. The Bertz CT molecular complexity index is 1280. The molecule has 154 valence electrons. The molecule has 1 heterocycles. The van der Waals surface area contributed by atoms with Crippen LogP contribution in [0.1, 0.15) is 0 Å². The summed E-state index contributed by atoms with van der Waals surface area (Å²) in [5.41, 5.74) is -1.77. The molecule has 29 heavy (non-hydrogen) atoms. The van der Waals surface area contributed by atoms with Crippen LogP contribution >= 0.6 is 0 Å². The first-order valence-corrected chi connectivity index (χ1v) is 9.20. The molecule has 3 N–H and O–H groups in total. The predicted octanol–water partition coefficient (Wildman–Crippen LogP) is 1.92. The average molecular weight is 431 g/mol. The molecule has 0 saturated carbocycles. The van der Waals surface area contributed by atoms with Gasteiger partial charge in [0.1, 0.15) is 16.4 Å². The van der Waals surface area contributed by atoms with Gasteiger partial charge in [-0.3, -0.25) is 14.3 Å². The standard InChI is InChI=1S/C16H12F3N3O6S/c1-27-12-6-10-11(21-15(24)14(23)20-10)7-13(12)29(25,26)22-8-2-4-9(5-3-8)28-16(17,18)19/h2-7,22H,1H3,(H,20,23)(H,21,24). The van der Waals surface area contributed by atoms with Crippen LogP contribution in [0.4, 0.5) is 18.9 Å². The Morgan fingerprint density at radius 1 is 0.966 bits per heavy atom. The highest BCUT2D eigenvalue weighted by Crippen LogP contribution is 2.30. The van der Waals surface area contributed by atoms with Gasteiger partial charge >= 0.3 is 17.5 Å². The minimum absolute atomic E-state index is 0.0321. The van der Waals surface area contributed by atoms with E-state index in [9.17, 15) is 31.2 Å². The molecule has 0 radical (unpaired) electrons. The highest BCUT2D eigenvalue weighted by Gasteiger charge is 2.31. The number of H-pyrrole nitrogens is 2. The van der Waals surface area contributed by atoms with Gasteiger partial charge in [-0.15, -0.1) is 13.2 Å². The van der Waals surface area contributed by atoms with Crippen LogP contribution in [-0.2, 0) is 10.0 Å². The van der Waals surface area contributed by atoms with Crippen molar-refractivity contribution in [1.82, 2.24) is 9.97 Å². The molecule has 9 nitrogen and oxygen atoms in total. The lowest BCUT2D eigenvalue weighted by atomic mass is 10.3. The van der Waals surface area contributed by atoms with Gasteiger partial charge in [0.15, 0.2) is 0 Å². The maximum Gasteiger partial charge on any atom is 0.573 e. The van der Waals surface area contributed by atoms with E-state index in [1.165, 1.54) is 13.2 Å². The molecule has 0 fully saturated rings. The second-order valence-corrected chi connectivity index (χ2v) is 7.29. The highest BCUT2D eigenvalue weighted by atomic mass is 32.2. The fraction of sp³-hybridized carbons (Fsp3) is 0.125. The topological polar surface area (TPSA) is 130 Å². The number of methoxy groups -OCH3 is 1. The van der Waals surface area contributed by atoms with E-state index in [-0.39, 0.29) is 27.4 Å². The van der Waals surface area contributed by atoms with E-state index in [1.54, 1.807) is 0 Å². The maximum absolute atomic E-state index is 12.7. The van der Waals surface area contributed by atoms with E-state index in [0.717, 1.165) is 30.3 Å². The lowest BCUT2D eigenvalue weighted by Crippen LogP contribution is -2.29. The Hall–Kier alpha value is -3.48. The number of halogens is 3. The zero-order valence-corrected chi connectivity index (χ0v) is 15.3. The number of aromatic nitrogens is 2. The predicted molar refractivity (Wildman–Crippen MR) is 95.7 cm³/mol. The van der Waals surface area contributed by atoms with Gasteiger partial charge in [0.25, 0.3) is 10.0 Å². The summed E-state index contributed by atoms with van der Waals surface area (Å²) in [6.45, 7) is 0. The fourth-order valence-electron chi connectivity index (χ4n) is 2.43. The third kappa shape index (κ3) is 4.51. The molecule has 0 bridgehead atoms. The Morgan fingerprint density at radius 2 is 1.52 bits per heavy atom. The molecule has 13 heteroatoms. The molecule has 0 aliphatic heterocycles. The molecule has 3 rings (SSSR count). The van der Waals surface area contributed by atoms with Gasteiger partial charge in [-0.25, -0.2) is 8.42 Å². The molecule has 0 aliphatic carbocycles. The minimum atomic E-state index is -4.88. The van der Waals surface area contributed by atoms with E-state index in [2.05, 4.69) is 19.4 Å². The third-order valence-corrected chi connectivity index (χ3v) is 5.04. The van der Waals surface area contributed by atoms with Crippen molar-refractivity contribution in [3.05, 3.63) is 57.1 Å². The Balaban J connectivity index is 1.98. The van der Waals surface area contributed by atoms with Gasteiger partial charge in [-0.05, 0) is 30.3 Å². The zero-order valence-electron chi connectivity index (χ0n) is 14.5. The third-order valence-electron chi connectivity index (χ3n) is 3.64. The first-order valence-electron chi connectivity index (χ1n) is 7.71. The summed E-state index contributed by atoms with van der Waals surface area (Å²) in [7, 11) is -3.07. The molecular formula is C16H12F3N3O6S. The number of nitrogens with one attached hydrogen (secondary N) is 3. The van der Waals surface area contributed by atoms with E-state index < -0.39 is 33.3 Å². The van der Waals surface area contributed by atoms with Crippen LogP contribution in [0.15, 0.2) is 50.9 Å². The smallest absolute Gasteiger partial charge is 0.495 e. The Kier molecular flexibility index (Phi) is 5.00. The SMILES string of the molecule is COc1cc2[nH]c(=O)c(=O)[nH]c2cc1S(=O)(=O)Nc1ccc(OC(F)(F)F)cc1. The number of aromatic amines is 2. The number of rotatable bonds is 5. The van der Waals surface area contributed by atoms with Crippen LogP contribution in [0, 0.1) is 0 Å². The van der Waals surface area contributed by atoms with Crippen LogP contribution in [-0.4, -0.2) is 31.9 Å². The number of benzene rings is 2. The summed E-state index contributed by atoms with van der Waals surface area (Å²) in [6.07, 6.45) is -4.88. The van der Waals surface area contributed by atoms with E-state index in [0.29, 0.717) is 0 Å². The number of alkyl halides is 3. The van der Waals surface area contributed by atoms with Crippen LogP contribution < -0.4 is 25.3 Å². The second-order valence-electron chi connectivity index (χ2n) is 5.63. The minimum Gasteiger partial charge on any atom is -0.495 e. The van der Waals surface area contributed by atoms with Crippen molar-refractivity contribution in [2.75, 3.05) is 11.8 Å². The molecule has 1 aromatic heterocycles. The number of hydrogen-bond donors (Lipinski definition) is 3. The molecule has 0 unspecified atom stereocenters. The van der Waals surface area contributed by atoms with Gasteiger partial charge in [0.05, 0.1) is 18.1 Å². The molecule has 0 atom stereocenters. The number of fused-ring (bicyclic) bond motifs is 1. The van der Waals surface area contributed by atoms with Crippen molar-refractivity contribution >= 4 is 26.7 Å². The van der Waals surface area contributed by atoms with Gasteiger partial charge < -0.3 is 19.4 Å². The summed E-state index contributed by atoms with van der Waals surface area (Å²) in [6, 6.07) is 6.31. The fourth-order valence-corrected chi connectivity index (χ4v) is 3.67. The summed E-state index contributed by atoms with van der Waals surface area (Å²) >= 11 is 0. The molecule has 2 aromatic carbocycles. The second kappa shape index (κ2) is 7.16. The summed E-state index contributed by atoms with van der Waals surface area (Å²) in [5, 5.41) is 0. The molecule has 0 amide bonds. The van der Waals surface area contributed by atoms with Crippen molar-refractivity contribution in [1.29, 1.82) is 0 Å². The Morgan fingerprint density at radius 3 is 2.03 bits per heavy atom. The van der Waals surface area contributed by atoms with Crippen molar-refractivity contribution in [3.63, 3.8) is 0 Å². The number of ether oxygens (including phenoxy) is 2. The number of anilines is 1. The first-order chi connectivity index (χ1) is 13.5. The largest absolute Gasteiger partial charge is 0.573 e. The first kappa shape index (κ1) is 20.3. The van der Waals surface area contributed by atoms with Crippen LogP contribution in [0.3, 0.4) is 0 Å². The van der Waals surface area contributed by atoms with Crippen molar-refractivity contribution in [2.24, 2.45) is 0 Å². The van der Waals surface area contributed by atoms with Gasteiger partial charge in [-0.1, -0.05) is 0 Å². The normalized spacial score (nSPS) is 12.0. The van der Waals surface area contributed by atoms with Crippen molar-refractivity contribution < 1.29 is 31.1 Å². The Labute approximate surface area is 160 Å². The summed E-state index contributed by atoms with van der Waals surface area (Å²) in [5.74, 6) is -0.657. The van der Waals surface area contributed by atoms with Crippen molar-refractivity contribution in [3.8, 4) is 11.5 Å². The van der Waals surface area contributed by atoms with Gasteiger partial charge in [0.2, 0.25) is 0 Å². The van der Waals surface area contributed by atoms with Crippen LogP contribution in [0.2, 0.25) is 0 Å². The monoisotopic (exact) mass is 431 g/mol. The van der Waals surface area contributed by atoms with Crippen LogP contribution in [0.5, 0.6) is 11.5 Å². The maximum atomic E-state index is 12.7. The van der Waals surface area contributed by atoms with E-state index in [1.807, 2.05) is 0 Å². The number of sulfonamides is 1. The van der Waals surface area contributed by atoms with E-state index >= 15 is 0 Å². The molecule has 0 aliphatic rings. The molecule has 0 saturated heterocycles. The highest BCUT2D eigenvalue weighted by molar-refractivity contribution is 7.92. The average Bonchev–Trinajstić information content (AvgIpc) is 2.62. The van der Waals surface area contributed by atoms with E-state index in [4.69, 9.17) is 4.74 Å². The lowest BCUT2D eigenvalue weighted by Gasteiger charge is -2.13. The summed E-state index contributed by atoms with van der Waals surface area (Å²) in [4.78, 5) is 27.1. The van der Waals surface area contributed by atoms with Gasteiger partial charge in [0, 0.05) is 11.8 Å². The lowest BCUT2D eigenvalue weighted by molar-refractivity contribution is -0.274. The van der Waals surface area contributed by atoms with Gasteiger partial charge in [-0.2, -0.15) is 0 Å². The quantitative estimate of drug-likeness (QED) is 0.529.